The Morgan fingerprint density at radius 2 is 1.78 bits per heavy atom. The van der Waals surface area contributed by atoms with Crippen LogP contribution in [-0.2, 0) is 11.3 Å². The predicted molar refractivity (Wildman–Crippen MR) is 103 cm³/mol. The molecule has 1 heterocycles. The standard InChI is InChI=1S/C21H22FN3O2/c1-3-14(4-2)20(26)23-13-19-24-18-8-6-5-7-17(18)21(27)25(19)16-11-9-15(22)10-12-16/h5-12,14H,3-4,13H2,1-2H3,(H,23,26). The number of aromatic nitrogens is 2. The van der Waals surface area contributed by atoms with Gasteiger partial charge in [0.1, 0.15) is 11.6 Å². The fraction of sp³-hybridized carbons (Fsp3) is 0.286. The molecule has 6 heteroatoms. The van der Waals surface area contributed by atoms with Gasteiger partial charge in [-0.3, -0.25) is 14.2 Å². The summed E-state index contributed by atoms with van der Waals surface area (Å²) in [5, 5.41) is 3.35. The van der Waals surface area contributed by atoms with Crippen molar-refractivity contribution in [1.29, 1.82) is 0 Å². The van der Waals surface area contributed by atoms with E-state index in [-0.39, 0.29) is 29.7 Å². The Bertz CT molecular complexity index is 1010. The fourth-order valence-corrected chi connectivity index (χ4v) is 3.12. The largest absolute Gasteiger partial charge is 0.349 e. The van der Waals surface area contributed by atoms with Crippen LogP contribution in [-0.4, -0.2) is 15.5 Å². The number of benzene rings is 2. The van der Waals surface area contributed by atoms with Gasteiger partial charge in [0.15, 0.2) is 0 Å². The van der Waals surface area contributed by atoms with E-state index in [9.17, 15) is 14.0 Å². The number of carbonyl (C=O) groups excluding carboxylic acids is 1. The lowest BCUT2D eigenvalue weighted by atomic mass is 10.0. The molecule has 3 aromatic rings. The van der Waals surface area contributed by atoms with Crippen molar-refractivity contribution < 1.29 is 9.18 Å². The molecule has 27 heavy (non-hydrogen) atoms. The maximum absolute atomic E-state index is 13.3. The van der Waals surface area contributed by atoms with Crippen molar-refractivity contribution in [3.63, 3.8) is 0 Å². The molecule has 0 saturated heterocycles. The Balaban J connectivity index is 2.07. The lowest BCUT2D eigenvalue weighted by molar-refractivity contribution is -0.125. The molecular formula is C21H22FN3O2. The molecule has 0 spiro atoms. The Kier molecular flexibility index (Phi) is 5.64. The predicted octanol–water partition coefficient (Wildman–Crippen LogP) is 3.58. The monoisotopic (exact) mass is 367 g/mol. The number of halogens is 1. The zero-order chi connectivity index (χ0) is 19.4. The SMILES string of the molecule is CCC(CC)C(=O)NCc1nc2ccccc2c(=O)n1-c1ccc(F)cc1. The summed E-state index contributed by atoms with van der Waals surface area (Å²) in [5.41, 5.74) is 0.818. The van der Waals surface area contributed by atoms with Crippen molar-refractivity contribution in [1.82, 2.24) is 14.9 Å². The number of fused-ring (bicyclic) bond motifs is 1. The first kappa shape index (κ1) is 18.8. The first-order valence-electron chi connectivity index (χ1n) is 9.09. The average molecular weight is 367 g/mol. The minimum Gasteiger partial charge on any atom is -0.349 e. The summed E-state index contributed by atoms with van der Waals surface area (Å²) >= 11 is 0. The van der Waals surface area contributed by atoms with Crippen molar-refractivity contribution in [2.75, 3.05) is 0 Å². The Morgan fingerprint density at radius 1 is 1.11 bits per heavy atom. The van der Waals surface area contributed by atoms with Crippen molar-refractivity contribution in [2.45, 2.75) is 33.2 Å². The van der Waals surface area contributed by atoms with E-state index in [0.717, 1.165) is 12.8 Å². The van der Waals surface area contributed by atoms with Gasteiger partial charge < -0.3 is 5.32 Å². The van der Waals surface area contributed by atoms with Crippen LogP contribution in [0.5, 0.6) is 0 Å². The number of amides is 1. The Morgan fingerprint density at radius 3 is 2.44 bits per heavy atom. The number of hydrogen-bond acceptors (Lipinski definition) is 3. The van der Waals surface area contributed by atoms with Gasteiger partial charge in [0.05, 0.1) is 23.1 Å². The fourth-order valence-electron chi connectivity index (χ4n) is 3.12. The van der Waals surface area contributed by atoms with E-state index < -0.39 is 0 Å². The molecule has 2 aromatic carbocycles. The minimum absolute atomic E-state index is 0.0620. The summed E-state index contributed by atoms with van der Waals surface area (Å²) in [6, 6.07) is 12.7. The first-order chi connectivity index (χ1) is 13.0. The van der Waals surface area contributed by atoms with Crippen molar-refractivity contribution in [3.8, 4) is 5.69 Å². The molecule has 0 aliphatic heterocycles. The normalized spacial score (nSPS) is 11.1. The second kappa shape index (κ2) is 8.12. The third-order valence-corrected chi connectivity index (χ3v) is 4.71. The van der Waals surface area contributed by atoms with E-state index in [1.165, 1.54) is 28.8 Å². The molecule has 0 saturated carbocycles. The number of nitrogens with zero attached hydrogens (tertiary/aromatic N) is 2. The molecule has 0 bridgehead atoms. The number of rotatable bonds is 6. The van der Waals surface area contributed by atoms with E-state index in [1.54, 1.807) is 18.2 Å². The van der Waals surface area contributed by atoms with Crippen molar-refractivity contribution >= 4 is 16.8 Å². The summed E-state index contributed by atoms with van der Waals surface area (Å²) in [6.45, 7) is 4.06. The number of nitrogens with one attached hydrogen (secondary N) is 1. The van der Waals surface area contributed by atoms with Crippen LogP contribution in [0, 0.1) is 11.7 Å². The molecule has 1 N–H and O–H groups in total. The molecule has 1 amide bonds. The van der Waals surface area contributed by atoms with Gasteiger partial charge in [0, 0.05) is 5.92 Å². The average Bonchev–Trinajstić information content (AvgIpc) is 2.68. The van der Waals surface area contributed by atoms with Crippen LogP contribution < -0.4 is 10.9 Å². The van der Waals surface area contributed by atoms with Crippen LogP contribution in [0.15, 0.2) is 53.3 Å². The third-order valence-electron chi connectivity index (χ3n) is 4.71. The molecule has 0 unspecified atom stereocenters. The van der Waals surface area contributed by atoms with Gasteiger partial charge in [-0.05, 0) is 49.2 Å². The second-order valence-corrected chi connectivity index (χ2v) is 6.39. The van der Waals surface area contributed by atoms with Crippen LogP contribution in [0.2, 0.25) is 0 Å². The summed E-state index contributed by atoms with van der Waals surface area (Å²) in [5.74, 6) is -0.113. The summed E-state index contributed by atoms with van der Waals surface area (Å²) in [7, 11) is 0. The molecule has 0 aliphatic carbocycles. The number of para-hydroxylation sites is 1. The highest BCUT2D eigenvalue weighted by molar-refractivity contribution is 5.79. The molecule has 0 atom stereocenters. The van der Waals surface area contributed by atoms with Gasteiger partial charge in [-0.2, -0.15) is 0 Å². The highest BCUT2D eigenvalue weighted by Crippen LogP contribution is 2.14. The molecule has 0 fully saturated rings. The molecule has 1 aromatic heterocycles. The van der Waals surface area contributed by atoms with Gasteiger partial charge in [0.2, 0.25) is 5.91 Å². The first-order valence-corrected chi connectivity index (χ1v) is 9.09. The zero-order valence-electron chi connectivity index (χ0n) is 15.4. The van der Waals surface area contributed by atoms with E-state index in [2.05, 4.69) is 10.3 Å². The quantitative estimate of drug-likeness (QED) is 0.724. The zero-order valence-corrected chi connectivity index (χ0v) is 15.4. The highest BCUT2D eigenvalue weighted by Gasteiger charge is 2.17. The van der Waals surface area contributed by atoms with Gasteiger partial charge in [0.25, 0.3) is 5.56 Å². The van der Waals surface area contributed by atoms with Crippen LogP contribution in [0.1, 0.15) is 32.5 Å². The maximum atomic E-state index is 13.3. The minimum atomic E-state index is -0.385. The summed E-state index contributed by atoms with van der Waals surface area (Å²) < 4.78 is 14.7. The Hall–Kier alpha value is -3.02. The van der Waals surface area contributed by atoms with E-state index in [4.69, 9.17) is 0 Å². The van der Waals surface area contributed by atoms with E-state index in [1.807, 2.05) is 19.9 Å². The second-order valence-electron chi connectivity index (χ2n) is 6.39. The van der Waals surface area contributed by atoms with Gasteiger partial charge >= 0.3 is 0 Å². The van der Waals surface area contributed by atoms with Crippen LogP contribution in [0.3, 0.4) is 0 Å². The third kappa shape index (κ3) is 3.89. The van der Waals surface area contributed by atoms with Crippen LogP contribution in [0.25, 0.3) is 16.6 Å². The van der Waals surface area contributed by atoms with E-state index >= 15 is 0 Å². The smallest absolute Gasteiger partial charge is 0.266 e. The van der Waals surface area contributed by atoms with Crippen LogP contribution in [0.4, 0.5) is 4.39 Å². The molecule has 0 aliphatic rings. The van der Waals surface area contributed by atoms with Gasteiger partial charge in [-0.25, -0.2) is 9.37 Å². The van der Waals surface area contributed by atoms with Crippen LogP contribution >= 0.6 is 0 Å². The summed E-state index contributed by atoms with van der Waals surface area (Å²) in [4.78, 5) is 30.0. The summed E-state index contributed by atoms with van der Waals surface area (Å²) in [6.07, 6.45) is 1.50. The number of carbonyl (C=O) groups is 1. The van der Waals surface area contributed by atoms with Crippen molar-refractivity contribution in [2.24, 2.45) is 5.92 Å². The maximum Gasteiger partial charge on any atom is 0.266 e. The molecule has 3 rings (SSSR count). The lowest BCUT2D eigenvalue weighted by Gasteiger charge is -2.16. The Labute approximate surface area is 156 Å². The highest BCUT2D eigenvalue weighted by atomic mass is 19.1. The van der Waals surface area contributed by atoms with Gasteiger partial charge in [-0.15, -0.1) is 0 Å². The molecule has 5 nitrogen and oxygen atoms in total. The lowest BCUT2D eigenvalue weighted by Crippen LogP contribution is -2.33. The van der Waals surface area contributed by atoms with E-state index in [0.29, 0.717) is 22.4 Å². The van der Waals surface area contributed by atoms with Crippen molar-refractivity contribution in [3.05, 3.63) is 70.5 Å². The number of hydrogen-bond donors (Lipinski definition) is 1. The van der Waals surface area contributed by atoms with Gasteiger partial charge in [-0.1, -0.05) is 26.0 Å². The topological polar surface area (TPSA) is 64.0 Å². The molecule has 0 radical (unpaired) electrons. The molecule has 140 valence electrons. The molecular weight excluding hydrogens is 345 g/mol.